The predicted molar refractivity (Wildman–Crippen MR) is 93.3 cm³/mol. The monoisotopic (exact) mass is 340 g/mol. The zero-order valence-electron chi connectivity index (χ0n) is 13.4. The molecule has 2 aromatic carbocycles. The molecule has 0 spiro atoms. The Labute approximate surface area is 145 Å². The van der Waals surface area contributed by atoms with Gasteiger partial charge in [-0.2, -0.15) is 5.10 Å². The van der Waals surface area contributed by atoms with Crippen LogP contribution < -0.4 is 0 Å². The fourth-order valence-corrected chi connectivity index (χ4v) is 2.67. The first-order chi connectivity index (χ1) is 11.6. The maximum absolute atomic E-state index is 12.7. The van der Waals surface area contributed by atoms with Gasteiger partial charge in [-0.05, 0) is 48.9 Å². The average Bonchev–Trinajstić information content (AvgIpc) is 3.14. The van der Waals surface area contributed by atoms with Crippen molar-refractivity contribution in [3.8, 4) is 5.69 Å². The summed E-state index contributed by atoms with van der Waals surface area (Å²) in [5, 5.41) is 4.73. The van der Waals surface area contributed by atoms with Crippen molar-refractivity contribution in [3.63, 3.8) is 0 Å². The molecule has 0 N–H and O–H groups in total. The molecule has 0 bridgehead atoms. The molecule has 0 saturated carbocycles. The van der Waals surface area contributed by atoms with E-state index in [2.05, 4.69) is 10.1 Å². The highest BCUT2D eigenvalue weighted by Gasteiger charge is 2.19. The molecule has 0 aliphatic carbocycles. The number of hydrogen-bond acceptors (Lipinski definition) is 3. The molecule has 0 radical (unpaired) electrons. The normalized spacial score (nSPS) is 12.0. The molecule has 122 valence electrons. The Morgan fingerprint density at radius 3 is 2.58 bits per heavy atom. The van der Waals surface area contributed by atoms with Gasteiger partial charge in [0.15, 0.2) is 0 Å². The fourth-order valence-electron chi connectivity index (χ4n) is 2.47. The largest absolute Gasteiger partial charge is 0.335 e. The second kappa shape index (κ2) is 6.84. The lowest BCUT2D eigenvalue weighted by Gasteiger charge is -2.25. The minimum Gasteiger partial charge on any atom is -0.335 e. The molecule has 1 unspecified atom stereocenters. The standard InChI is InChI=1S/C18H17ClN4O/c1-13(15-4-3-5-16(19)10-15)22(2)18(24)14-6-8-17(9-7-14)23-12-20-11-21-23/h3-13H,1-2H3. The molecule has 3 aromatic rings. The van der Waals surface area contributed by atoms with Crippen LogP contribution in [0.4, 0.5) is 0 Å². The van der Waals surface area contributed by atoms with Crippen molar-refractivity contribution < 1.29 is 4.79 Å². The van der Waals surface area contributed by atoms with E-state index in [1.54, 1.807) is 35.1 Å². The van der Waals surface area contributed by atoms with Gasteiger partial charge in [0, 0.05) is 17.6 Å². The van der Waals surface area contributed by atoms with E-state index in [4.69, 9.17) is 11.6 Å². The van der Waals surface area contributed by atoms with Gasteiger partial charge >= 0.3 is 0 Å². The highest BCUT2D eigenvalue weighted by Crippen LogP contribution is 2.23. The maximum atomic E-state index is 12.7. The summed E-state index contributed by atoms with van der Waals surface area (Å²) < 4.78 is 1.65. The van der Waals surface area contributed by atoms with Crippen LogP contribution in [0.5, 0.6) is 0 Å². The molecular weight excluding hydrogens is 324 g/mol. The van der Waals surface area contributed by atoms with Crippen LogP contribution in [0.25, 0.3) is 5.69 Å². The first-order valence-corrected chi connectivity index (χ1v) is 7.92. The summed E-state index contributed by atoms with van der Waals surface area (Å²) in [4.78, 5) is 18.3. The Morgan fingerprint density at radius 1 is 1.21 bits per heavy atom. The van der Waals surface area contributed by atoms with Crippen LogP contribution in [-0.2, 0) is 0 Å². The number of nitrogens with zero attached hydrogens (tertiary/aromatic N) is 4. The molecule has 0 aliphatic rings. The van der Waals surface area contributed by atoms with E-state index in [1.165, 1.54) is 6.33 Å². The molecule has 1 aromatic heterocycles. The second-order valence-corrected chi connectivity index (χ2v) is 5.97. The van der Waals surface area contributed by atoms with Crippen LogP contribution in [-0.4, -0.2) is 32.6 Å². The van der Waals surface area contributed by atoms with Gasteiger partial charge in [0.2, 0.25) is 0 Å². The molecule has 0 fully saturated rings. The van der Waals surface area contributed by atoms with Gasteiger partial charge in [-0.3, -0.25) is 4.79 Å². The molecule has 1 heterocycles. The quantitative estimate of drug-likeness (QED) is 0.726. The predicted octanol–water partition coefficient (Wildman–Crippen LogP) is 3.75. The van der Waals surface area contributed by atoms with E-state index in [0.717, 1.165) is 11.3 Å². The summed E-state index contributed by atoms with van der Waals surface area (Å²) in [5.41, 5.74) is 2.47. The summed E-state index contributed by atoms with van der Waals surface area (Å²) in [7, 11) is 1.79. The van der Waals surface area contributed by atoms with E-state index < -0.39 is 0 Å². The number of hydrogen-bond donors (Lipinski definition) is 0. The van der Waals surface area contributed by atoms with E-state index in [0.29, 0.717) is 10.6 Å². The lowest BCUT2D eigenvalue weighted by Crippen LogP contribution is -2.29. The average molecular weight is 341 g/mol. The lowest BCUT2D eigenvalue weighted by molar-refractivity contribution is 0.0742. The van der Waals surface area contributed by atoms with Gasteiger partial charge in [0.25, 0.3) is 5.91 Å². The number of rotatable bonds is 4. The third-order valence-electron chi connectivity index (χ3n) is 4.03. The molecule has 24 heavy (non-hydrogen) atoms. The lowest BCUT2D eigenvalue weighted by atomic mass is 10.1. The van der Waals surface area contributed by atoms with Gasteiger partial charge in [-0.25, -0.2) is 9.67 Å². The van der Waals surface area contributed by atoms with E-state index in [9.17, 15) is 4.79 Å². The molecule has 0 aliphatic heterocycles. The molecule has 1 amide bonds. The highest BCUT2D eigenvalue weighted by molar-refractivity contribution is 6.30. The zero-order chi connectivity index (χ0) is 17.1. The molecule has 1 atom stereocenters. The van der Waals surface area contributed by atoms with Crippen LogP contribution >= 0.6 is 11.6 Å². The van der Waals surface area contributed by atoms with E-state index >= 15 is 0 Å². The van der Waals surface area contributed by atoms with E-state index in [1.807, 2.05) is 43.3 Å². The summed E-state index contributed by atoms with van der Waals surface area (Å²) in [6.07, 6.45) is 3.09. The van der Waals surface area contributed by atoms with Gasteiger partial charge in [-0.15, -0.1) is 0 Å². The van der Waals surface area contributed by atoms with Crippen molar-refractivity contribution in [1.82, 2.24) is 19.7 Å². The minimum absolute atomic E-state index is 0.0485. The Balaban J connectivity index is 1.78. The van der Waals surface area contributed by atoms with Crippen LogP contribution in [0.3, 0.4) is 0 Å². The van der Waals surface area contributed by atoms with Crippen molar-refractivity contribution in [2.45, 2.75) is 13.0 Å². The van der Waals surface area contributed by atoms with Crippen LogP contribution in [0.15, 0.2) is 61.2 Å². The van der Waals surface area contributed by atoms with Crippen molar-refractivity contribution in [2.75, 3.05) is 7.05 Å². The Morgan fingerprint density at radius 2 is 1.96 bits per heavy atom. The second-order valence-electron chi connectivity index (χ2n) is 5.53. The number of carbonyl (C=O) groups is 1. The van der Waals surface area contributed by atoms with Crippen molar-refractivity contribution >= 4 is 17.5 Å². The molecule has 6 heteroatoms. The number of benzene rings is 2. The number of halogens is 1. The summed E-state index contributed by atoms with van der Waals surface area (Å²) in [6.45, 7) is 1.98. The van der Waals surface area contributed by atoms with E-state index in [-0.39, 0.29) is 11.9 Å². The van der Waals surface area contributed by atoms with Crippen molar-refractivity contribution in [1.29, 1.82) is 0 Å². The SMILES string of the molecule is CC(c1cccc(Cl)c1)N(C)C(=O)c1ccc(-n2cncn2)cc1. The topological polar surface area (TPSA) is 51.0 Å². The highest BCUT2D eigenvalue weighted by atomic mass is 35.5. The smallest absolute Gasteiger partial charge is 0.254 e. The number of aromatic nitrogens is 3. The van der Waals surface area contributed by atoms with Crippen molar-refractivity contribution in [3.05, 3.63) is 77.3 Å². The molecule has 0 saturated heterocycles. The molecule has 3 rings (SSSR count). The summed E-state index contributed by atoms with van der Waals surface area (Å²) >= 11 is 6.04. The molecule has 5 nitrogen and oxygen atoms in total. The first kappa shape index (κ1) is 16.2. The number of carbonyl (C=O) groups excluding carboxylic acids is 1. The summed E-state index contributed by atoms with van der Waals surface area (Å²) in [6, 6.07) is 14.8. The molecular formula is C18H17ClN4O. The Hall–Kier alpha value is -2.66. The number of amides is 1. The third-order valence-corrected chi connectivity index (χ3v) is 4.27. The van der Waals surface area contributed by atoms with Gasteiger partial charge in [0.1, 0.15) is 12.7 Å². The van der Waals surface area contributed by atoms with Crippen LogP contribution in [0.2, 0.25) is 5.02 Å². The van der Waals surface area contributed by atoms with Gasteiger partial charge in [0.05, 0.1) is 11.7 Å². The van der Waals surface area contributed by atoms with Gasteiger partial charge in [-0.1, -0.05) is 23.7 Å². The minimum atomic E-state index is -0.0776. The fraction of sp³-hybridized carbons (Fsp3) is 0.167. The van der Waals surface area contributed by atoms with Crippen LogP contribution in [0, 0.1) is 0 Å². The maximum Gasteiger partial charge on any atom is 0.254 e. The summed E-state index contributed by atoms with van der Waals surface area (Å²) in [5.74, 6) is -0.0485. The Kier molecular flexibility index (Phi) is 4.62. The van der Waals surface area contributed by atoms with Crippen molar-refractivity contribution in [2.24, 2.45) is 0 Å². The Bertz CT molecular complexity index is 830. The van der Waals surface area contributed by atoms with Crippen LogP contribution in [0.1, 0.15) is 28.9 Å². The van der Waals surface area contributed by atoms with Gasteiger partial charge < -0.3 is 4.90 Å². The first-order valence-electron chi connectivity index (χ1n) is 7.54. The zero-order valence-corrected chi connectivity index (χ0v) is 14.2. The third kappa shape index (κ3) is 3.31.